The number of esters is 1. The highest BCUT2D eigenvalue weighted by atomic mass is 16.5. The molecular formula is C12H17NO6. The van der Waals surface area contributed by atoms with Crippen LogP contribution in [0.1, 0.15) is 32.6 Å². The van der Waals surface area contributed by atoms with E-state index in [-0.39, 0.29) is 12.2 Å². The molecule has 1 saturated carbocycles. The van der Waals surface area contributed by atoms with Crippen LogP contribution in [0, 0.1) is 5.92 Å². The Morgan fingerprint density at radius 1 is 1.47 bits per heavy atom. The molecule has 0 saturated heterocycles. The van der Waals surface area contributed by atoms with Crippen LogP contribution in [-0.4, -0.2) is 41.4 Å². The van der Waals surface area contributed by atoms with Crippen LogP contribution in [-0.2, 0) is 23.9 Å². The first-order chi connectivity index (χ1) is 8.90. The SMILES string of the molecule is CC(=O)OCC(=O)N[C@@H](C(=O)O)[C@H]1CCCC(=O)C1. The van der Waals surface area contributed by atoms with Crippen molar-refractivity contribution in [1.82, 2.24) is 5.32 Å². The Morgan fingerprint density at radius 2 is 2.16 bits per heavy atom. The van der Waals surface area contributed by atoms with Crippen LogP contribution in [0.2, 0.25) is 0 Å². The summed E-state index contributed by atoms with van der Waals surface area (Å²) in [5.41, 5.74) is 0. The summed E-state index contributed by atoms with van der Waals surface area (Å²) in [4.78, 5) is 44.5. The summed E-state index contributed by atoms with van der Waals surface area (Å²) < 4.78 is 4.48. The lowest BCUT2D eigenvalue weighted by Gasteiger charge is -2.27. The molecule has 7 nitrogen and oxygen atoms in total. The van der Waals surface area contributed by atoms with Crippen LogP contribution in [0.5, 0.6) is 0 Å². The molecule has 0 heterocycles. The normalized spacial score (nSPS) is 20.5. The fraction of sp³-hybridized carbons (Fsp3) is 0.667. The van der Waals surface area contributed by atoms with Gasteiger partial charge >= 0.3 is 11.9 Å². The Hall–Kier alpha value is -1.92. The molecule has 7 heteroatoms. The van der Waals surface area contributed by atoms with Gasteiger partial charge in [0.2, 0.25) is 0 Å². The van der Waals surface area contributed by atoms with Crippen molar-refractivity contribution < 1.29 is 29.0 Å². The molecule has 0 aliphatic heterocycles. The first kappa shape index (κ1) is 15.1. The number of rotatable bonds is 5. The number of amides is 1. The summed E-state index contributed by atoms with van der Waals surface area (Å²) >= 11 is 0. The van der Waals surface area contributed by atoms with Gasteiger partial charge in [-0.25, -0.2) is 4.79 Å². The second-order valence-electron chi connectivity index (χ2n) is 4.56. The van der Waals surface area contributed by atoms with Crippen LogP contribution in [0.25, 0.3) is 0 Å². The highest BCUT2D eigenvalue weighted by Gasteiger charge is 2.33. The van der Waals surface area contributed by atoms with Gasteiger partial charge in [-0.15, -0.1) is 0 Å². The number of ether oxygens (including phenoxy) is 1. The molecule has 1 aliphatic rings. The van der Waals surface area contributed by atoms with Crippen molar-refractivity contribution in [2.45, 2.75) is 38.6 Å². The number of Topliss-reactive ketones (excluding diaryl/α,β-unsaturated/α-hetero) is 1. The quantitative estimate of drug-likeness (QED) is 0.674. The third-order valence-electron chi connectivity index (χ3n) is 2.98. The molecule has 0 unspecified atom stereocenters. The van der Waals surface area contributed by atoms with Gasteiger partial charge in [-0.05, 0) is 18.8 Å². The first-order valence-electron chi connectivity index (χ1n) is 6.07. The van der Waals surface area contributed by atoms with Gasteiger partial charge < -0.3 is 15.2 Å². The van der Waals surface area contributed by atoms with Gasteiger partial charge in [0.05, 0.1) is 0 Å². The number of ketones is 1. The predicted octanol–water partition coefficient (Wildman–Crippen LogP) is -0.122. The minimum absolute atomic E-state index is 0.0109. The van der Waals surface area contributed by atoms with E-state index in [0.29, 0.717) is 19.3 Å². The van der Waals surface area contributed by atoms with Crippen molar-refractivity contribution >= 4 is 23.6 Å². The minimum Gasteiger partial charge on any atom is -0.480 e. The summed E-state index contributed by atoms with van der Waals surface area (Å²) in [6.45, 7) is 0.640. The highest BCUT2D eigenvalue weighted by molar-refractivity contribution is 5.86. The number of aliphatic carboxylic acids is 1. The molecule has 0 bridgehead atoms. The molecule has 0 aromatic heterocycles. The number of hydrogen-bond acceptors (Lipinski definition) is 5. The van der Waals surface area contributed by atoms with Gasteiger partial charge in [0.1, 0.15) is 11.8 Å². The first-order valence-corrected chi connectivity index (χ1v) is 6.07. The standard InChI is InChI=1S/C12H17NO6/c1-7(14)19-6-10(16)13-11(12(17)18)8-3-2-4-9(15)5-8/h8,11H,2-6H2,1H3,(H,13,16)(H,17,18)/t8-,11+/m0/s1. The van der Waals surface area contributed by atoms with Gasteiger partial charge in [-0.1, -0.05) is 0 Å². The number of carboxylic acid groups (broad SMARTS) is 1. The largest absolute Gasteiger partial charge is 0.480 e. The van der Waals surface area contributed by atoms with Crippen LogP contribution in [0.15, 0.2) is 0 Å². The fourth-order valence-corrected chi connectivity index (χ4v) is 2.11. The van der Waals surface area contributed by atoms with Crippen molar-refractivity contribution in [3.05, 3.63) is 0 Å². The lowest BCUT2D eigenvalue weighted by molar-refractivity contribution is -0.148. The Bertz CT molecular complexity index is 392. The van der Waals surface area contributed by atoms with Crippen molar-refractivity contribution in [3.63, 3.8) is 0 Å². The van der Waals surface area contributed by atoms with E-state index in [1.54, 1.807) is 0 Å². The molecule has 0 aromatic rings. The second kappa shape index (κ2) is 6.86. The Labute approximate surface area is 110 Å². The zero-order valence-electron chi connectivity index (χ0n) is 10.7. The van der Waals surface area contributed by atoms with E-state index in [0.717, 1.165) is 6.92 Å². The third-order valence-corrected chi connectivity index (χ3v) is 2.98. The van der Waals surface area contributed by atoms with Gasteiger partial charge in [0, 0.05) is 19.8 Å². The van der Waals surface area contributed by atoms with E-state index in [1.807, 2.05) is 0 Å². The minimum atomic E-state index is -1.18. The summed E-state index contributed by atoms with van der Waals surface area (Å²) in [5, 5.41) is 11.4. The number of nitrogens with one attached hydrogen (secondary N) is 1. The van der Waals surface area contributed by atoms with Crippen LogP contribution < -0.4 is 5.32 Å². The van der Waals surface area contributed by atoms with Crippen LogP contribution in [0.4, 0.5) is 0 Å². The van der Waals surface area contributed by atoms with Crippen LogP contribution >= 0.6 is 0 Å². The average molecular weight is 271 g/mol. The van der Waals surface area contributed by atoms with E-state index in [4.69, 9.17) is 5.11 Å². The van der Waals surface area contributed by atoms with E-state index >= 15 is 0 Å². The number of hydrogen-bond donors (Lipinski definition) is 2. The lowest BCUT2D eigenvalue weighted by atomic mass is 9.83. The zero-order chi connectivity index (χ0) is 14.4. The molecule has 0 spiro atoms. The molecule has 1 aliphatic carbocycles. The fourth-order valence-electron chi connectivity index (χ4n) is 2.11. The van der Waals surface area contributed by atoms with Crippen molar-refractivity contribution in [3.8, 4) is 0 Å². The Morgan fingerprint density at radius 3 is 2.68 bits per heavy atom. The topological polar surface area (TPSA) is 110 Å². The van der Waals surface area contributed by atoms with Gasteiger partial charge in [0.15, 0.2) is 6.61 Å². The predicted molar refractivity (Wildman–Crippen MR) is 63.2 cm³/mol. The smallest absolute Gasteiger partial charge is 0.326 e. The van der Waals surface area contributed by atoms with E-state index < -0.39 is 36.4 Å². The maximum Gasteiger partial charge on any atom is 0.326 e. The molecule has 0 aromatic carbocycles. The number of carbonyl (C=O) groups excluding carboxylic acids is 3. The van der Waals surface area contributed by atoms with Gasteiger partial charge in [-0.3, -0.25) is 14.4 Å². The molecule has 0 radical (unpaired) electrons. The molecule has 1 rings (SSSR count). The zero-order valence-corrected chi connectivity index (χ0v) is 10.7. The molecule has 2 N–H and O–H groups in total. The maximum atomic E-state index is 11.4. The summed E-state index contributed by atoms with van der Waals surface area (Å²) in [5.74, 6) is -2.87. The summed E-state index contributed by atoms with van der Waals surface area (Å²) in [6.07, 6.45) is 1.83. The van der Waals surface area contributed by atoms with Gasteiger partial charge in [0.25, 0.3) is 5.91 Å². The lowest BCUT2D eigenvalue weighted by Crippen LogP contribution is -2.48. The molecule has 1 fully saturated rings. The highest BCUT2D eigenvalue weighted by Crippen LogP contribution is 2.24. The average Bonchev–Trinajstić information content (AvgIpc) is 2.33. The monoisotopic (exact) mass is 271 g/mol. The van der Waals surface area contributed by atoms with Crippen molar-refractivity contribution in [2.24, 2.45) is 5.92 Å². The molecule has 106 valence electrons. The maximum absolute atomic E-state index is 11.4. The third kappa shape index (κ3) is 5.07. The summed E-state index contributed by atoms with van der Waals surface area (Å²) in [6, 6.07) is -1.12. The Balaban J connectivity index is 2.57. The van der Waals surface area contributed by atoms with Gasteiger partial charge in [-0.2, -0.15) is 0 Å². The Kier molecular flexibility index (Phi) is 5.47. The summed E-state index contributed by atoms with van der Waals surface area (Å²) in [7, 11) is 0. The molecule has 2 atom stereocenters. The number of carboxylic acids is 1. The van der Waals surface area contributed by atoms with E-state index in [2.05, 4.69) is 10.1 Å². The van der Waals surface area contributed by atoms with E-state index in [1.165, 1.54) is 0 Å². The molecular weight excluding hydrogens is 254 g/mol. The van der Waals surface area contributed by atoms with Crippen molar-refractivity contribution in [2.75, 3.05) is 6.61 Å². The molecule has 1 amide bonds. The second-order valence-corrected chi connectivity index (χ2v) is 4.56. The molecule has 19 heavy (non-hydrogen) atoms. The van der Waals surface area contributed by atoms with Crippen molar-refractivity contribution in [1.29, 1.82) is 0 Å². The van der Waals surface area contributed by atoms with E-state index in [9.17, 15) is 19.2 Å². The van der Waals surface area contributed by atoms with Crippen LogP contribution in [0.3, 0.4) is 0 Å². The number of carbonyl (C=O) groups is 4.